The third-order valence-electron chi connectivity index (χ3n) is 5.12. The van der Waals surface area contributed by atoms with Crippen LogP contribution in [0.2, 0.25) is 5.02 Å². The topological polar surface area (TPSA) is 115 Å². The predicted octanol–water partition coefficient (Wildman–Crippen LogP) is 3.41. The van der Waals surface area contributed by atoms with Crippen molar-refractivity contribution in [2.45, 2.75) is 24.1 Å². The van der Waals surface area contributed by atoms with Crippen LogP contribution in [0, 0.1) is 5.82 Å². The fourth-order valence-corrected chi connectivity index (χ4v) is 5.72. The Kier molecular flexibility index (Phi) is 6.94. The van der Waals surface area contributed by atoms with Gasteiger partial charge in [0.25, 0.3) is 5.91 Å². The van der Waals surface area contributed by atoms with Crippen molar-refractivity contribution in [2.24, 2.45) is 10.7 Å². The minimum Gasteiger partial charge on any atom is -0.387 e. The van der Waals surface area contributed by atoms with Crippen LogP contribution < -0.4 is 11.1 Å². The lowest BCUT2D eigenvalue weighted by molar-refractivity contribution is 0.102. The van der Waals surface area contributed by atoms with E-state index in [4.69, 9.17) is 17.3 Å². The summed E-state index contributed by atoms with van der Waals surface area (Å²) in [6.07, 6.45) is 3.80. The monoisotopic (exact) mass is 482 g/mol. The SMILES string of the molecule is C[C@]1(c2cc(NC(=O)c3ccc(Cl)cn3)ccc2F)N=C(N)CS(=O)(=O)[C@H]1C/C=C/CF. The number of hydrogen-bond acceptors (Lipinski definition) is 6. The molecule has 0 saturated heterocycles. The normalized spacial score (nSPS) is 22.5. The van der Waals surface area contributed by atoms with E-state index in [1.54, 1.807) is 0 Å². The lowest BCUT2D eigenvalue weighted by Gasteiger charge is -2.38. The molecular formula is C21H21ClF2N4O3S. The smallest absolute Gasteiger partial charge is 0.274 e. The highest BCUT2D eigenvalue weighted by Gasteiger charge is 2.48. The summed E-state index contributed by atoms with van der Waals surface area (Å²) in [5, 5.41) is 1.78. The van der Waals surface area contributed by atoms with Gasteiger partial charge in [-0.1, -0.05) is 23.8 Å². The molecule has 0 bridgehead atoms. The van der Waals surface area contributed by atoms with Gasteiger partial charge in [0.05, 0.1) is 10.3 Å². The van der Waals surface area contributed by atoms with Gasteiger partial charge in [-0.3, -0.25) is 9.79 Å². The Labute approximate surface area is 189 Å². The number of nitrogens with zero attached hydrogens (tertiary/aromatic N) is 2. The molecule has 0 unspecified atom stereocenters. The number of halogens is 3. The molecule has 2 heterocycles. The Bertz CT molecular complexity index is 1190. The number of alkyl halides is 1. The van der Waals surface area contributed by atoms with E-state index in [1.165, 1.54) is 49.5 Å². The Hall–Kier alpha value is -2.85. The molecule has 0 aliphatic carbocycles. The molecule has 1 amide bonds. The van der Waals surface area contributed by atoms with Gasteiger partial charge in [0, 0.05) is 17.4 Å². The van der Waals surface area contributed by atoms with E-state index < -0.39 is 44.8 Å². The fraction of sp³-hybridized carbons (Fsp3) is 0.286. The van der Waals surface area contributed by atoms with Crippen molar-refractivity contribution in [3.8, 4) is 0 Å². The summed E-state index contributed by atoms with van der Waals surface area (Å²) in [7, 11) is -3.81. The highest BCUT2D eigenvalue weighted by Crippen LogP contribution is 2.40. The van der Waals surface area contributed by atoms with Crippen molar-refractivity contribution < 1.29 is 22.0 Å². The molecule has 2 atom stereocenters. The van der Waals surface area contributed by atoms with E-state index in [0.717, 1.165) is 6.07 Å². The van der Waals surface area contributed by atoms with E-state index in [1.807, 2.05) is 0 Å². The number of allylic oxidation sites excluding steroid dienone is 2. The van der Waals surface area contributed by atoms with Gasteiger partial charge in [0.15, 0.2) is 9.84 Å². The van der Waals surface area contributed by atoms with Crippen LogP contribution in [0.15, 0.2) is 53.7 Å². The van der Waals surface area contributed by atoms with Gasteiger partial charge in [-0.25, -0.2) is 22.2 Å². The Morgan fingerprint density at radius 3 is 2.75 bits per heavy atom. The molecule has 3 rings (SSSR count). The van der Waals surface area contributed by atoms with Crippen LogP contribution in [-0.4, -0.2) is 42.8 Å². The zero-order valence-corrected chi connectivity index (χ0v) is 18.6. The summed E-state index contributed by atoms with van der Waals surface area (Å²) in [6.45, 7) is 0.693. The maximum Gasteiger partial charge on any atom is 0.274 e. The number of amidine groups is 1. The molecular weight excluding hydrogens is 462 g/mol. The van der Waals surface area contributed by atoms with Crippen LogP contribution in [0.4, 0.5) is 14.5 Å². The minimum atomic E-state index is -3.81. The van der Waals surface area contributed by atoms with Crippen LogP contribution in [0.5, 0.6) is 0 Å². The molecule has 0 radical (unpaired) electrons. The number of carbonyl (C=O) groups is 1. The fourth-order valence-electron chi connectivity index (χ4n) is 3.65. The van der Waals surface area contributed by atoms with Gasteiger partial charge in [-0.2, -0.15) is 0 Å². The number of pyridine rings is 1. The zero-order chi connectivity index (χ0) is 23.5. The quantitative estimate of drug-likeness (QED) is 0.612. The molecule has 170 valence electrons. The number of benzene rings is 1. The molecule has 0 fully saturated rings. The number of aliphatic imine (C=N–C) groups is 1. The second-order valence-corrected chi connectivity index (χ2v) is 10.0. The number of hydrogen-bond donors (Lipinski definition) is 2. The van der Waals surface area contributed by atoms with Gasteiger partial charge >= 0.3 is 0 Å². The first-order valence-corrected chi connectivity index (χ1v) is 11.7. The summed E-state index contributed by atoms with van der Waals surface area (Å²) < 4.78 is 53.2. The van der Waals surface area contributed by atoms with Crippen LogP contribution in [0.25, 0.3) is 0 Å². The van der Waals surface area contributed by atoms with Gasteiger partial charge in [0.2, 0.25) is 0 Å². The predicted molar refractivity (Wildman–Crippen MR) is 120 cm³/mol. The number of sulfone groups is 1. The second-order valence-electron chi connectivity index (χ2n) is 7.42. The molecule has 32 heavy (non-hydrogen) atoms. The number of rotatable bonds is 6. The maximum atomic E-state index is 14.9. The molecule has 3 N–H and O–H groups in total. The number of nitrogens with two attached hydrogens (primary N) is 1. The van der Waals surface area contributed by atoms with Gasteiger partial charge in [0.1, 0.15) is 35.3 Å². The molecule has 1 aliphatic rings. The van der Waals surface area contributed by atoms with Gasteiger partial charge in [-0.15, -0.1) is 0 Å². The first-order valence-electron chi connectivity index (χ1n) is 9.56. The van der Waals surface area contributed by atoms with Crippen LogP contribution in [0.1, 0.15) is 29.4 Å². The summed E-state index contributed by atoms with van der Waals surface area (Å²) in [4.78, 5) is 20.7. The van der Waals surface area contributed by atoms with Crippen molar-refractivity contribution >= 4 is 38.9 Å². The number of carbonyl (C=O) groups excluding carboxylic acids is 1. The third kappa shape index (κ3) is 4.97. The number of anilines is 1. The standard InChI is InChI=1S/C21H21ClF2N4O3S/c1-21(18(4-2-3-9-23)32(30,31)12-19(25)28-21)15-10-14(6-7-16(15)24)27-20(29)17-8-5-13(22)11-26-17/h2-3,5-8,10-11,18H,4,9,12H2,1H3,(H2,25,28)(H,27,29)/b3-2+/t18-,21+/m0/s1. The lowest BCUT2D eigenvalue weighted by Crippen LogP contribution is -2.50. The minimum absolute atomic E-state index is 0.0655. The molecule has 7 nitrogen and oxygen atoms in total. The first-order chi connectivity index (χ1) is 15.1. The van der Waals surface area contributed by atoms with Crippen LogP contribution in [-0.2, 0) is 15.4 Å². The van der Waals surface area contributed by atoms with Gasteiger partial charge in [-0.05, 0) is 43.7 Å². The Morgan fingerprint density at radius 1 is 1.34 bits per heavy atom. The van der Waals surface area contributed by atoms with E-state index >= 15 is 0 Å². The molecule has 2 aromatic rings. The largest absolute Gasteiger partial charge is 0.387 e. The van der Waals surface area contributed by atoms with Crippen molar-refractivity contribution in [1.82, 2.24) is 4.98 Å². The van der Waals surface area contributed by atoms with Crippen molar-refractivity contribution in [1.29, 1.82) is 0 Å². The summed E-state index contributed by atoms with van der Waals surface area (Å²) in [5.41, 5.74) is 4.42. The molecule has 0 saturated carbocycles. The first kappa shape index (κ1) is 23.8. The van der Waals surface area contributed by atoms with E-state index in [0.29, 0.717) is 5.02 Å². The van der Waals surface area contributed by atoms with Crippen molar-refractivity contribution in [3.05, 3.63) is 70.8 Å². The van der Waals surface area contributed by atoms with Crippen LogP contribution >= 0.6 is 11.6 Å². The van der Waals surface area contributed by atoms with Gasteiger partial charge < -0.3 is 11.1 Å². The summed E-state index contributed by atoms with van der Waals surface area (Å²) >= 11 is 5.78. The third-order valence-corrected chi connectivity index (χ3v) is 7.56. The highest BCUT2D eigenvalue weighted by atomic mass is 35.5. The zero-order valence-electron chi connectivity index (χ0n) is 17.1. The average molecular weight is 483 g/mol. The summed E-state index contributed by atoms with van der Waals surface area (Å²) in [6, 6.07) is 6.67. The maximum absolute atomic E-state index is 14.9. The van der Waals surface area contributed by atoms with Crippen LogP contribution in [0.3, 0.4) is 0 Å². The number of aromatic nitrogens is 1. The second kappa shape index (κ2) is 9.33. The van der Waals surface area contributed by atoms with Crippen molar-refractivity contribution in [2.75, 3.05) is 17.7 Å². The molecule has 0 spiro atoms. The Morgan fingerprint density at radius 2 is 2.09 bits per heavy atom. The Balaban J connectivity index is 2.02. The molecule has 1 aromatic carbocycles. The highest BCUT2D eigenvalue weighted by molar-refractivity contribution is 7.92. The van der Waals surface area contributed by atoms with Crippen molar-refractivity contribution in [3.63, 3.8) is 0 Å². The van der Waals surface area contributed by atoms with E-state index in [-0.39, 0.29) is 29.2 Å². The number of nitrogens with one attached hydrogen (secondary N) is 1. The molecule has 1 aromatic heterocycles. The molecule has 11 heteroatoms. The van der Waals surface area contributed by atoms with E-state index in [2.05, 4.69) is 15.3 Å². The van der Waals surface area contributed by atoms with E-state index in [9.17, 15) is 22.0 Å². The number of amides is 1. The molecule has 1 aliphatic heterocycles. The average Bonchev–Trinajstić information content (AvgIpc) is 2.71. The summed E-state index contributed by atoms with van der Waals surface area (Å²) in [5.74, 6) is -1.91. The lowest BCUT2D eigenvalue weighted by atomic mass is 9.86.